The lowest BCUT2D eigenvalue weighted by atomic mass is 10.2. The highest BCUT2D eigenvalue weighted by Crippen LogP contribution is 2.15. The molecule has 6 nitrogen and oxygen atoms in total. The Morgan fingerprint density at radius 3 is 2.68 bits per heavy atom. The summed E-state index contributed by atoms with van der Waals surface area (Å²) in [6.07, 6.45) is 1.69. The molecule has 6 heteroatoms. The van der Waals surface area contributed by atoms with Crippen LogP contribution in [0.3, 0.4) is 0 Å². The maximum Gasteiger partial charge on any atom is 0.205 e. The lowest BCUT2D eigenvalue weighted by molar-refractivity contribution is 0.700. The van der Waals surface area contributed by atoms with Crippen LogP contribution in [0, 0.1) is 6.92 Å². The van der Waals surface area contributed by atoms with Crippen LogP contribution in [0.4, 0.5) is 5.69 Å². The van der Waals surface area contributed by atoms with Crippen LogP contribution in [0.1, 0.15) is 5.56 Å². The Balaban J connectivity index is 1.99. The summed E-state index contributed by atoms with van der Waals surface area (Å²) < 4.78 is 0. The van der Waals surface area contributed by atoms with Crippen LogP contribution in [-0.2, 0) is 0 Å². The number of aromatic nitrogens is 5. The topological polar surface area (TPSA) is 82.5 Å². The van der Waals surface area contributed by atoms with Crippen molar-refractivity contribution in [2.24, 2.45) is 0 Å². The van der Waals surface area contributed by atoms with Crippen LogP contribution < -0.4 is 5.73 Å². The Hall–Kier alpha value is -2.76. The molecule has 1 aromatic carbocycles. The third kappa shape index (κ3) is 2.15. The lowest BCUT2D eigenvalue weighted by Gasteiger charge is -2.01. The Bertz CT molecular complexity index is 704. The molecule has 2 heterocycles. The van der Waals surface area contributed by atoms with Gasteiger partial charge in [0.2, 0.25) is 5.82 Å². The fourth-order valence-electron chi connectivity index (χ4n) is 1.65. The van der Waals surface area contributed by atoms with E-state index in [-0.39, 0.29) is 0 Å². The fraction of sp³-hybridized carbons (Fsp3) is 0.0769. The Labute approximate surface area is 109 Å². The van der Waals surface area contributed by atoms with Gasteiger partial charge in [-0.15, -0.1) is 15.0 Å². The van der Waals surface area contributed by atoms with Gasteiger partial charge < -0.3 is 5.73 Å². The normalized spacial score (nSPS) is 10.6. The number of nitrogen functional groups attached to an aromatic ring is 1. The van der Waals surface area contributed by atoms with Crippen molar-refractivity contribution in [3.63, 3.8) is 0 Å². The largest absolute Gasteiger partial charge is 0.398 e. The lowest BCUT2D eigenvalue weighted by Crippen LogP contribution is -2.03. The highest BCUT2D eigenvalue weighted by atomic mass is 15.6. The summed E-state index contributed by atoms with van der Waals surface area (Å²) in [7, 11) is 0. The minimum atomic E-state index is 0.554. The van der Waals surface area contributed by atoms with Crippen LogP contribution in [0.5, 0.6) is 0 Å². The molecule has 0 fully saturated rings. The highest BCUT2D eigenvalue weighted by molar-refractivity contribution is 5.53. The van der Waals surface area contributed by atoms with Crippen molar-refractivity contribution in [2.45, 2.75) is 6.92 Å². The van der Waals surface area contributed by atoms with Gasteiger partial charge in [0, 0.05) is 23.5 Å². The van der Waals surface area contributed by atoms with Gasteiger partial charge in [-0.05, 0) is 17.7 Å². The molecule has 0 saturated heterocycles. The molecule has 0 aliphatic heterocycles. The molecule has 19 heavy (non-hydrogen) atoms. The molecule has 0 spiro atoms. The van der Waals surface area contributed by atoms with E-state index in [1.807, 2.05) is 37.3 Å². The molecule has 3 rings (SSSR count). The molecule has 0 atom stereocenters. The van der Waals surface area contributed by atoms with Crippen molar-refractivity contribution in [1.29, 1.82) is 0 Å². The van der Waals surface area contributed by atoms with Gasteiger partial charge in [0.05, 0.1) is 0 Å². The third-order valence-corrected chi connectivity index (χ3v) is 2.78. The number of hydrogen-bond acceptors (Lipinski definition) is 5. The van der Waals surface area contributed by atoms with Gasteiger partial charge in [0.1, 0.15) is 0 Å². The minimum absolute atomic E-state index is 0.554. The van der Waals surface area contributed by atoms with Crippen molar-refractivity contribution >= 4 is 5.69 Å². The van der Waals surface area contributed by atoms with Crippen molar-refractivity contribution in [1.82, 2.24) is 25.2 Å². The summed E-state index contributed by atoms with van der Waals surface area (Å²) in [5.41, 5.74) is 8.34. The number of benzene rings is 1. The summed E-state index contributed by atoms with van der Waals surface area (Å²) >= 11 is 0. The SMILES string of the molecule is Cc1cnc(-n2nnc(-c3ccccc3)n2)cc1N. The molecule has 2 aromatic heterocycles. The van der Waals surface area contributed by atoms with Crippen LogP contribution in [0.15, 0.2) is 42.6 Å². The van der Waals surface area contributed by atoms with Crippen molar-refractivity contribution in [3.8, 4) is 17.2 Å². The van der Waals surface area contributed by atoms with Crippen LogP contribution in [0.2, 0.25) is 0 Å². The van der Waals surface area contributed by atoms with Crippen LogP contribution >= 0.6 is 0 Å². The monoisotopic (exact) mass is 252 g/mol. The molecule has 0 amide bonds. The van der Waals surface area contributed by atoms with Gasteiger partial charge in [-0.2, -0.15) is 0 Å². The molecule has 0 radical (unpaired) electrons. The number of nitrogens with zero attached hydrogens (tertiary/aromatic N) is 5. The molecule has 94 valence electrons. The van der Waals surface area contributed by atoms with Gasteiger partial charge in [-0.3, -0.25) is 0 Å². The zero-order valence-corrected chi connectivity index (χ0v) is 10.4. The second kappa shape index (κ2) is 4.49. The second-order valence-electron chi connectivity index (χ2n) is 4.17. The number of pyridine rings is 1. The molecule has 0 unspecified atom stereocenters. The summed E-state index contributed by atoms with van der Waals surface area (Å²) in [5.74, 6) is 1.11. The molecule has 0 aliphatic carbocycles. The van der Waals surface area contributed by atoms with Gasteiger partial charge >= 0.3 is 0 Å². The standard InChI is InChI=1S/C13H12N6/c1-9-8-15-12(7-11(9)14)19-17-13(16-18-19)10-5-3-2-4-6-10/h2-8H,1H3,(H2,14,15). The highest BCUT2D eigenvalue weighted by Gasteiger charge is 2.08. The first-order chi connectivity index (χ1) is 9.24. The van der Waals surface area contributed by atoms with Gasteiger partial charge in [-0.25, -0.2) is 4.98 Å². The summed E-state index contributed by atoms with van der Waals surface area (Å²) in [6.45, 7) is 1.90. The average molecular weight is 252 g/mol. The molecule has 0 aliphatic rings. The Morgan fingerprint density at radius 2 is 1.95 bits per heavy atom. The number of aryl methyl sites for hydroxylation is 1. The van der Waals surface area contributed by atoms with E-state index in [0.29, 0.717) is 17.3 Å². The zero-order chi connectivity index (χ0) is 13.2. The molecule has 0 saturated carbocycles. The molecular formula is C13H12N6. The molecule has 3 aromatic rings. The maximum absolute atomic E-state index is 5.85. The maximum atomic E-state index is 5.85. The van der Waals surface area contributed by atoms with Crippen molar-refractivity contribution < 1.29 is 0 Å². The predicted molar refractivity (Wildman–Crippen MR) is 71.5 cm³/mol. The number of hydrogen-bond donors (Lipinski definition) is 1. The number of rotatable bonds is 2. The number of nitrogens with two attached hydrogens (primary N) is 1. The first-order valence-electron chi connectivity index (χ1n) is 5.82. The van der Waals surface area contributed by atoms with E-state index in [1.165, 1.54) is 4.80 Å². The quantitative estimate of drug-likeness (QED) is 0.749. The van der Waals surface area contributed by atoms with E-state index in [0.717, 1.165) is 11.1 Å². The smallest absolute Gasteiger partial charge is 0.205 e. The second-order valence-corrected chi connectivity index (χ2v) is 4.17. The number of tetrazole rings is 1. The van der Waals surface area contributed by atoms with Gasteiger partial charge in [-0.1, -0.05) is 30.3 Å². The van der Waals surface area contributed by atoms with Crippen LogP contribution in [0.25, 0.3) is 17.2 Å². The molecule has 2 N–H and O–H groups in total. The van der Waals surface area contributed by atoms with E-state index < -0.39 is 0 Å². The zero-order valence-electron chi connectivity index (χ0n) is 10.4. The van der Waals surface area contributed by atoms with Crippen molar-refractivity contribution in [2.75, 3.05) is 5.73 Å². The predicted octanol–water partition coefficient (Wildman–Crippen LogP) is 1.61. The van der Waals surface area contributed by atoms with E-state index in [4.69, 9.17) is 5.73 Å². The van der Waals surface area contributed by atoms with E-state index >= 15 is 0 Å². The molecule has 0 bridgehead atoms. The Morgan fingerprint density at radius 1 is 1.16 bits per heavy atom. The average Bonchev–Trinajstić information content (AvgIpc) is 2.93. The van der Waals surface area contributed by atoms with Gasteiger partial charge in [0.25, 0.3) is 0 Å². The molecular weight excluding hydrogens is 240 g/mol. The summed E-state index contributed by atoms with van der Waals surface area (Å²) in [5, 5.41) is 12.3. The van der Waals surface area contributed by atoms with E-state index in [2.05, 4.69) is 20.4 Å². The summed E-state index contributed by atoms with van der Waals surface area (Å²) in [4.78, 5) is 5.61. The van der Waals surface area contributed by atoms with E-state index in [1.54, 1.807) is 12.3 Å². The number of anilines is 1. The minimum Gasteiger partial charge on any atom is -0.398 e. The fourth-order valence-corrected chi connectivity index (χ4v) is 1.65. The first-order valence-corrected chi connectivity index (χ1v) is 5.82. The van der Waals surface area contributed by atoms with Gasteiger partial charge in [0.15, 0.2) is 5.82 Å². The third-order valence-electron chi connectivity index (χ3n) is 2.78. The van der Waals surface area contributed by atoms with E-state index in [9.17, 15) is 0 Å². The summed E-state index contributed by atoms with van der Waals surface area (Å²) in [6, 6.07) is 11.4. The van der Waals surface area contributed by atoms with Crippen LogP contribution in [-0.4, -0.2) is 25.2 Å². The van der Waals surface area contributed by atoms with Crippen molar-refractivity contribution in [3.05, 3.63) is 48.2 Å². The first kappa shape index (κ1) is 11.3. The Kier molecular flexibility index (Phi) is 2.68.